The highest BCUT2D eigenvalue weighted by atomic mass is 79.9. The van der Waals surface area contributed by atoms with Crippen LogP contribution < -0.4 is 10.2 Å². The highest BCUT2D eigenvalue weighted by molar-refractivity contribution is 9.10. The van der Waals surface area contributed by atoms with Crippen LogP contribution >= 0.6 is 15.9 Å². The first-order valence-corrected chi connectivity index (χ1v) is 7.00. The molecule has 0 atom stereocenters. The van der Waals surface area contributed by atoms with E-state index in [0.29, 0.717) is 16.0 Å². The summed E-state index contributed by atoms with van der Waals surface area (Å²) >= 11 is 3.20. The van der Waals surface area contributed by atoms with Crippen LogP contribution in [0.4, 0.5) is 0 Å². The summed E-state index contributed by atoms with van der Waals surface area (Å²) in [6.45, 7) is 0. The van der Waals surface area contributed by atoms with E-state index in [4.69, 9.17) is 9.15 Å². The Morgan fingerprint density at radius 1 is 1.19 bits per heavy atom. The molecule has 0 bridgehead atoms. The van der Waals surface area contributed by atoms with Crippen LogP contribution in [0.25, 0.3) is 22.3 Å². The van der Waals surface area contributed by atoms with Crippen molar-refractivity contribution in [1.29, 1.82) is 0 Å². The first-order chi connectivity index (χ1) is 10.1. The van der Waals surface area contributed by atoms with Crippen molar-refractivity contribution in [2.75, 3.05) is 7.11 Å². The van der Waals surface area contributed by atoms with Crippen molar-refractivity contribution in [2.24, 2.45) is 0 Å². The van der Waals surface area contributed by atoms with E-state index in [2.05, 4.69) is 15.9 Å². The lowest BCUT2D eigenvalue weighted by Crippen LogP contribution is -2.01. The average molecular weight is 347 g/mol. The zero-order valence-electron chi connectivity index (χ0n) is 11.1. The van der Waals surface area contributed by atoms with Gasteiger partial charge in [-0.2, -0.15) is 0 Å². The first kappa shape index (κ1) is 13.7. The van der Waals surface area contributed by atoms with Crippen molar-refractivity contribution in [3.05, 3.63) is 57.2 Å². The van der Waals surface area contributed by atoms with E-state index in [9.17, 15) is 9.90 Å². The van der Waals surface area contributed by atoms with Crippen LogP contribution in [0.5, 0.6) is 11.5 Å². The van der Waals surface area contributed by atoms with Crippen molar-refractivity contribution in [3.8, 4) is 22.8 Å². The molecule has 1 heterocycles. The molecule has 0 amide bonds. The zero-order valence-corrected chi connectivity index (χ0v) is 12.7. The van der Waals surface area contributed by atoms with Crippen LogP contribution in [-0.2, 0) is 0 Å². The number of fused-ring (bicyclic) bond motifs is 1. The second kappa shape index (κ2) is 5.26. The summed E-state index contributed by atoms with van der Waals surface area (Å²) in [7, 11) is 1.48. The maximum absolute atomic E-state index is 12.3. The van der Waals surface area contributed by atoms with Crippen molar-refractivity contribution in [2.45, 2.75) is 0 Å². The molecular formula is C16H11BrO4. The molecule has 4 nitrogen and oxygen atoms in total. The van der Waals surface area contributed by atoms with Crippen molar-refractivity contribution < 1.29 is 14.3 Å². The molecule has 1 aromatic heterocycles. The van der Waals surface area contributed by atoms with E-state index in [0.717, 1.165) is 5.56 Å². The molecule has 3 aromatic rings. The summed E-state index contributed by atoms with van der Waals surface area (Å²) in [4.78, 5) is 12.3. The Bertz CT molecular complexity index is 869. The van der Waals surface area contributed by atoms with E-state index in [-0.39, 0.29) is 22.1 Å². The van der Waals surface area contributed by atoms with Crippen LogP contribution in [0.3, 0.4) is 0 Å². The monoisotopic (exact) mass is 346 g/mol. The molecule has 0 saturated carbocycles. The second-order valence-electron chi connectivity index (χ2n) is 4.46. The molecule has 0 unspecified atom stereocenters. The van der Waals surface area contributed by atoms with Gasteiger partial charge >= 0.3 is 0 Å². The maximum atomic E-state index is 12.3. The molecule has 0 spiro atoms. The summed E-state index contributed by atoms with van der Waals surface area (Å²) in [5.41, 5.74) is 0.757. The van der Waals surface area contributed by atoms with Gasteiger partial charge in [-0.3, -0.25) is 4.79 Å². The van der Waals surface area contributed by atoms with Crippen LogP contribution in [0.1, 0.15) is 0 Å². The van der Waals surface area contributed by atoms with Gasteiger partial charge < -0.3 is 14.3 Å². The number of rotatable bonds is 2. The fourth-order valence-corrected chi connectivity index (χ4v) is 2.62. The minimum atomic E-state index is -0.309. The Morgan fingerprint density at radius 3 is 2.57 bits per heavy atom. The molecule has 1 N–H and O–H groups in total. The fourth-order valence-electron chi connectivity index (χ4n) is 2.15. The third-order valence-electron chi connectivity index (χ3n) is 3.18. The van der Waals surface area contributed by atoms with Gasteiger partial charge in [-0.05, 0) is 15.9 Å². The lowest BCUT2D eigenvalue weighted by molar-refractivity contribution is 0.404. The molecule has 2 aromatic carbocycles. The number of phenols is 1. The Labute approximate surface area is 128 Å². The minimum absolute atomic E-state index is 0.127. The van der Waals surface area contributed by atoms with Gasteiger partial charge in [-0.15, -0.1) is 0 Å². The molecule has 0 aliphatic carbocycles. The third-order valence-corrected chi connectivity index (χ3v) is 3.94. The van der Waals surface area contributed by atoms with Crippen molar-refractivity contribution in [1.82, 2.24) is 0 Å². The number of ether oxygens (including phenoxy) is 1. The van der Waals surface area contributed by atoms with E-state index in [1.165, 1.54) is 13.2 Å². The third kappa shape index (κ3) is 2.29. The number of aromatic hydroxyl groups is 1. The largest absolute Gasteiger partial charge is 0.506 e. The van der Waals surface area contributed by atoms with Crippen LogP contribution in [0.2, 0.25) is 0 Å². The van der Waals surface area contributed by atoms with Gasteiger partial charge in [0.2, 0.25) is 0 Å². The molecule has 21 heavy (non-hydrogen) atoms. The highest BCUT2D eigenvalue weighted by Crippen LogP contribution is 2.39. The number of phenolic OH excluding ortho intramolecular Hbond substituents is 1. The number of hydrogen-bond acceptors (Lipinski definition) is 4. The van der Waals surface area contributed by atoms with E-state index >= 15 is 0 Å². The number of hydrogen-bond donors (Lipinski definition) is 1. The van der Waals surface area contributed by atoms with Crippen molar-refractivity contribution in [3.63, 3.8) is 0 Å². The Morgan fingerprint density at radius 2 is 1.90 bits per heavy atom. The van der Waals surface area contributed by atoms with Gasteiger partial charge in [0.15, 0.2) is 5.43 Å². The van der Waals surface area contributed by atoms with Crippen LogP contribution in [-0.4, -0.2) is 12.2 Å². The van der Waals surface area contributed by atoms with Gasteiger partial charge in [0.1, 0.15) is 32.7 Å². The molecule has 0 fully saturated rings. The molecule has 5 heteroatoms. The number of benzene rings is 2. The van der Waals surface area contributed by atoms with Gasteiger partial charge in [0.25, 0.3) is 0 Å². The Balaban J connectivity index is 2.35. The SMILES string of the molecule is COc1cc2oc(-c3ccccc3)cc(=O)c2c(O)c1Br. The predicted octanol–water partition coefficient (Wildman–Crippen LogP) is 3.94. The van der Waals surface area contributed by atoms with Gasteiger partial charge in [-0.1, -0.05) is 30.3 Å². The second-order valence-corrected chi connectivity index (χ2v) is 5.25. The average Bonchev–Trinajstić information content (AvgIpc) is 2.51. The summed E-state index contributed by atoms with van der Waals surface area (Å²) in [6.07, 6.45) is 0. The molecular weight excluding hydrogens is 336 g/mol. The van der Waals surface area contributed by atoms with Crippen LogP contribution in [0.15, 0.2) is 56.1 Å². The Kier molecular flexibility index (Phi) is 3.43. The first-order valence-electron chi connectivity index (χ1n) is 6.20. The van der Waals surface area contributed by atoms with Crippen LogP contribution in [0, 0.1) is 0 Å². The minimum Gasteiger partial charge on any atom is -0.506 e. The lowest BCUT2D eigenvalue weighted by atomic mass is 10.1. The standard InChI is InChI=1S/C16H11BrO4/c1-20-13-8-12-14(16(19)15(13)17)10(18)7-11(21-12)9-5-3-2-4-6-9/h2-8,19H,1H3. The maximum Gasteiger partial charge on any atom is 0.197 e. The summed E-state index contributed by atoms with van der Waals surface area (Å²) < 4.78 is 11.2. The zero-order chi connectivity index (χ0) is 15.0. The quantitative estimate of drug-likeness (QED) is 0.763. The van der Waals surface area contributed by atoms with Gasteiger partial charge in [0.05, 0.1) is 7.11 Å². The molecule has 0 aliphatic rings. The summed E-state index contributed by atoms with van der Waals surface area (Å²) in [6, 6.07) is 12.2. The van der Waals surface area contributed by atoms with E-state index < -0.39 is 0 Å². The molecule has 106 valence electrons. The van der Waals surface area contributed by atoms with Crippen molar-refractivity contribution >= 4 is 26.9 Å². The van der Waals surface area contributed by atoms with Gasteiger partial charge in [-0.25, -0.2) is 0 Å². The van der Waals surface area contributed by atoms with E-state index in [1.807, 2.05) is 30.3 Å². The fraction of sp³-hybridized carbons (Fsp3) is 0.0625. The number of methoxy groups -OCH3 is 1. The summed E-state index contributed by atoms with van der Waals surface area (Å²) in [5.74, 6) is 0.656. The molecule has 0 saturated heterocycles. The van der Waals surface area contributed by atoms with Gasteiger partial charge in [0, 0.05) is 17.7 Å². The molecule has 0 radical (unpaired) electrons. The summed E-state index contributed by atoms with van der Waals surface area (Å²) in [5, 5.41) is 10.3. The van der Waals surface area contributed by atoms with E-state index in [1.54, 1.807) is 6.07 Å². The smallest absolute Gasteiger partial charge is 0.197 e. The lowest BCUT2D eigenvalue weighted by Gasteiger charge is -2.09. The highest BCUT2D eigenvalue weighted by Gasteiger charge is 2.16. The molecule has 3 rings (SSSR count). The normalized spacial score (nSPS) is 10.8. The topological polar surface area (TPSA) is 59.7 Å². The number of halogens is 1. The predicted molar refractivity (Wildman–Crippen MR) is 83.8 cm³/mol. The molecule has 0 aliphatic heterocycles. The Hall–Kier alpha value is -2.27.